The second-order valence-electron chi connectivity index (χ2n) is 5.05. The fraction of sp³-hybridized carbons (Fsp3) is 0.188. The van der Waals surface area contributed by atoms with Crippen molar-refractivity contribution in [3.63, 3.8) is 0 Å². The lowest BCUT2D eigenvalue weighted by atomic mass is 10.1. The summed E-state index contributed by atoms with van der Waals surface area (Å²) in [5, 5.41) is 9.52. The Morgan fingerprint density at radius 3 is 2.90 bits per heavy atom. The molecular weight excluding hydrogens is 268 g/mol. The summed E-state index contributed by atoms with van der Waals surface area (Å²) >= 11 is 0. The maximum Gasteiger partial charge on any atom is 0.409 e. The van der Waals surface area contributed by atoms with Crippen molar-refractivity contribution in [2.45, 2.75) is 13.0 Å². The molecule has 0 spiro atoms. The lowest BCUT2D eigenvalue weighted by Gasteiger charge is -2.19. The number of hydrogen-bond donors (Lipinski definition) is 2. The molecule has 0 aromatic heterocycles. The van der Waals surface area contributed by atoms with E-state index in [-0.39, 0.29) is 5.75 Å². The number of phenolic OH excluding ortho intramolecular Hbond substituents is 1. The molecule has 0 saturated heterocycles. The first kappa shape index (κ1) is 13.3. The Morgan fingerprint density at radius 1 is 1.29 bits per heavy atom. The summed E-state index contributed by atoms with van der Waals surface area (Å²) in [6.07, 6.45) is 0.0916. The molecule has 0 unspecified atom stereocenters. The topological polar surface area (TPSA) is 75.8 Å². The van der Waals surface area contributed by atoms with E-state index in [0.29, 0.717) is 5.75 Å². The molecule has 2 aromatic carbocycles. The summed E-state index contributed by atoms with van der Waals surface area (Å²) in [7, 11) is 0. The van der Waals surface area contributed by atoms with Crippen molar-refractivity contribution in [2.75, 3.05) is 11.4 Å². The molecule has 1 aliphatic rings. The summed E-state index contributed by atoms with van der Waals surface area (Å²) in [5.74, 6) is 0.748. The molecule has 3 N–H and O–H groups in total. The minimum atomic E-state index is -0.801. The van der Waals surface area contributed by atoms with Crippen molar-refractivity contribution in [3.05, 3.63) is 53.6 Å². The lowest BCUT2D eigenvalue weighted by molar-refractivity contribution is 0.211. The van der Waals surface area contributed by atoms with Crippen LogP contribution in [0.3, 0.4) is 0 Å². The number of carbonyl (C=O) groups is 1. The molecule has 0 bridgehead atoms. The Morgan fingerprint density at radius 2 is 2.14 bits per heavy atom. The number of hydrogen-bond acceptors (Lipinski definition) is 4. The second-order valence-corrected chi connectivity index (χ2v) is 5.05. The van der Waals surface area contributed by atoms with E-state index in [9.17, 15) is 9.90 Å². The predicted molar refractivity (Wildman–Crippen MR) is 79.5 cm³/mol. The zero-order valence-corrected chi connectivity index (χ0v) is 11.5. The van der Waals surface area contributed by atoms with Gasteiger partial charge in [-0.15, -0.1) is 0 Å². The molecule has 21 heavy (non-hydrogen) atoms. The monoisotopic (exact) mass is 284 g/mol. The Hall–Kier alpha value is -2.69. The minimum Gasteiger partial charge on any atom is -0.508 e. The summed E-state index contributed by atoms with van der Waals surface area (Å²) < 4.78 is 4.90. The van der Waals surface area contributed by atoms with E-state index in [1.165, 1.54) is 0 Å². The van der Waals surface area contributed by atoms with E-state index in [0.717, 1.165) is 36.3 Å². The maximum atomic E-state index is 10.8. The molecule has 0 atom stereocenters. The zero-order chi connectivity index (χ0) is 14.8. The van der Waals surface area contributed by atoms with Crippen LogP contribution in [-0.4, -0.2) is 17.7 Å². The van der Waals surface area contributed by atoms with Gasteiger partial charge in [-0.1, -0.05) is 12.1 Å². The molecule has 0 aliphatic carbocycles. The average molecular weight is 284 g/mol. The predicted octanol–water partition coefficient (Wildman–Crippen LogP) is 2.41. The van der Waals surface area contributed by atoms with Crippen LogP contribution in [-0.2, 0) is 13.0 Å². The number of carbonyl (C=O) groups excluding carboxylic acids is 1. The summed E-state index contributed by atoms with van der Waals surface area (Å²) in [6, 6.07) is 12.8. The van der Waals surface area contributed by atoms with Crippen LogP contribution in [0.4, 0.5) is 10.5 Å². The van der Waals surface area contributed by atoms with Crippen molar-refractivity contribution >= 4 is 11.8 Å². The number of amides is 1. The number of anilines is 1. The van der Waals surface area contributed by atoms with Crippen LogP contribution in [0, 0.1) is 0 Å². The van der Waals surface area contributed by atoms with Crippen molar-refractivity contribution in [1.82, 2.24) is 0 Å². The van der Waals surface area contributed by atoms with Gasteiger partial charge in [-0.3, -0.25) is 0 Å². The Balaban J connectivity index is 1.79. The van der Waals surface area contributed by atoms with Gasteiger partial charge in [-0.2, -0.15) is 0 Å². The Bertz CT molecular complexity index is 685. The quantitative estimate of drug-likeness (QED) is 0.907. The number of fused-ring (bicyclic) bond motifs is 1. The molecule has 0 fully saturated rings. The SMILES string of the molecule is NC(=O)Oc1ccc2c(c1)CCN2Cc1cccc(O)c1. The molecule has 0 saturated carbocycles. The third-order valence-corrected chi connectivity index (χ3v) is 3.55. The van der Waals surface area contributed by atoms with E-state index in [1.807, 2.05) is 24.3 Å². The van der Waals surface area contributed by atoms with Crippen molar-refractivity contribution < 1.29 is 14.6 Å². The number of phenols is 1. The maximum absolute atomic E-state index is 10.8. The molecule has 5 nitrogen and oxygen atoms in total. The number of ether oxygens (including phenoxy) is 1. The first-order valence-corrected chi connectivity index (χ1v) is 6.75. The van der Waals surface area contributed by atoms with Gasteiger partial charge in [0.25, 0.3) is 0 Å². The van der Waals surface area contributed by atoms with Gasteiger partial charge in [0, 0.05) is 18.8 Å². The first-order chi connectivity index (χ1) is 10.1. The normalized spacial score (nSPS) is 13.0. The number of rotatable bonds is 3. The largest absolute Gasteiger partial charge is 0.508 e. The summed E-state index contributed by atoms with van der Waals surface area (Å²) in [5.41, 5.74) is 8.33. The van der Waals surface area contributed by atoms with Crippen LogP contribution < -0.4 is 15.4 Å². The van der Waals surface area contributed by atoms with E-state index in [1.54, 1.807) is 18.2 Å². The lowest BCUT2D eigenvalue weighted by Crippen LogP contribution is -2.19. The van der Waals surface area contributed by atoms with E-state index in [4.69, 9.17) is 10.5 Å². The molecule has 1 heterocycles. The molecule has 108 valence electrons. The van der Waals surface area contributed by atoms with E-state index >= 15 is 0 Å². The van der Waals surface area contributed by atoms with Gasteiger partial charge in [0.15, 0.2) is 0 Å². The third kappa shape index (κ3) is 2.91. The van der Waals surface area contributed by atoms with Crippen molar-refractivity contribution in [3.8, 4) is 11.5 Å². The first-order valence-electron chi connectivity index (χ1n) is 6.75. The zero-order valence-electron chi connectivity index (χ0n) is 11.5. The number of nitrogens with zero attached hydrogens (tertiary/aromatic N) is 1. The van der Waals surface area contributed by atoms with Crippen molar-refractivity contribution in [1.29, 1.82) is 0 Å². The van der Waals surface area contributed by atoms with Gasteiger partial charge < -0.3 is 20.5 Å². The minimum absolute atomic E-state index is 0.275. The molecule has 5 heteroatoms. The highest BCUT2D eigenvalue weighted by Crippen LogP contribution is 2.32. The fourth-order valence-electron chi connectivity index (χ4n) is 2.67. The third-order valence-electron chi connectivity index (χ3n) is 3.55. The molecule has 1 aliphatic heterocycles. The number of nitrogens with two attached hydrogens (primary N) is 1. The Labute approximate surface area is 122 Å². The Kier molecular flexibility index (Phi) is 3.39. The van der Waals surface area contributed by atoms with E-state index < -0.39 is 6.09 Å². The smallest absolute Gasteiger partial charge is 0.409 e. The highest BCUT2D eigenvalue weighted by atomic mass is 16.5. The van der Waals surface area contributed by atoms with Gasteiger partial charge >= 0.3 is 6.09 Å². The molecule has 0 radical (unpaired) electrons. The van der Waals surface area contributed by atoms with Crippen LogP contribution in [0.1, 0.15) is 11.1 Å². The van der Waals surface area contributed by atoms with Crippen LogP contribution in [0.2, 0.25) is 0 Å². The van der Waals surface area contributed by atoms with Crippen LogP contribution in [0.15, 0.2) is 42.5 Å². The number of primary amides is 1. The summed E-state index contributed by atoms with van der Waals surface area (Å²) in [6.45, 7) is 1.63. The van der Waals surface area contributed by atoms with Gasteiger partial charge in [-0.25, -0.2) is 4.79 Å². The number of benzene rings is 2. The van der Waals surface area contributed by atoms with Crippen LogP contribution in [0.25, 0.3) is 0 Å². The highest BCUT2D eigenvalue weighted by Gasteiger charge is 2.20. The van der Waals surface area contributed by atoms with Gasteiger partial charge in [-0.05, 0) is 47.9 Å². The molecular formula is C16H16N2O3. The summed E-state index contributed by atoms with van der Waals surface area (Å²) in [4.78, 5) is 13.0. The van der Waals surface area contributed by atoms with Crippen LogP contribution >= 0.6 is 0 Å². The molecule has 2 aromatic rings. The molecule has 1 amide bonds. The van der Waals surface area contributed by atoms with Crippen molar-refractivity contribution in [2.24, 2.45) is 5.73 Å². The second kappa shape index (κ2) is 5.36. The van der Waals surface area contributed by atoms with Crippen LogP contribution in [0.5, 0.6) is 11.5 Å². The highest BCUT2D eigenvalue weighted by molar-refractivity contribution is 5.69. The fourth-order valence-corrected chi connectivity index (χ4v) is 2.67. The average Bonchev–Trinajstić information content (AvgIpc) is 2.81. The number of aromatic hydroxyl groups is 1. The van der Waals surface area contributed by atoms with E-state index in [2.05, 4.69) is 4.90 Å². The molecule has 3 rings (SSSR count). The standard InChI is InChI=1S/C16H16N2O3/c17-16(20)21-14-4-5-15-12(9-14)6-7-18(15)10-11-2-1-3-13(19)8-11/h1-5,8-9,19H,6-7,10H2,(H2,17,20). The van der Waals surface area contributed by atoms with Gasteiger partial charge in [0.1, 0.15) is 11.5 Å². The van der Waals surface area contributed by atoms with Gasteiger partial charge in [0.05, 0.1) is 0 Å². The van der Waals surface area contributed by atoms with Gasteiger partial charge in [0.2, 0.25) is 0 Å².